The Kier molecular flexibility index (Phi) is 5.02. The van der Waals surface area contributed by atoms with Gasteiger partial charge in [-0.05, 0) is 24.4 Å². The lowest BCUT2D eigenvalue weighted by Gasteiger charge is -2.04. The Balaban J connectivity index is 2.54. The summed E-state index contributed by atoms with van der Waals surface area (Å²) in [6.45, 7) is 2.15. The van der Waals surface area contributed by atoms with E-state index in [0.717, 1.165) is 5.56 Å². The van der Waals surface area contributed by atoms with Gasteiger partial charge in [-0.2, -0.15) is 0 Å². The molecular weight excluding hydrogens is 207 g/mol. The molecule has 4 nitrogen and oxygen atoms in total. The molecule has 16 heavy (non-hydrogen) atoms. The van der Waals surface area contributed by atoms with Crippen LogP contribution in [0.2, 0.25) is 0 Å². The Morgan fingerprint density at radius 3 is 2.81 bits per heavy atom. The molecule has 0 saturated heterocycles. The highest BCUT2D eigenvalue weighted by molar-refractivity contribution is 6.58. The molecule has 1 aromatic rings. The Labute approximate surface area is 95.0 Å². The first-order chi connectivity index (χ1) is 7.63. The molecule has 0 radical (unpaired) electrons. The molecule has 0 aliphatic carbocycles. The van der Waals surface area contributed by atoms with Crippen LogP contribution in [0.5, 0.6) is 0 Å². The highest BCUT2D eigenvalue weighted by Crippen LogP contribution is 2.02. The van der Waals surface area contributed by atoms with E-state index in [4.69, 9.17) is 14.8 Å². The van der Waals surface area contributed by atoms with Crippen molar-refractivity contribution in [2.45, 2.75) is 19.8 Å². The van der Waals surface area contributed by atoms with Crippen LogP contribution in [-0.4, -0.2) is 29.7 Å². The van der Waals surface area contributed by atoms with Crippen molar-refractivity contribution in [3.63, 3.8) is 0 Å². The first kappa shape index (κ1) is 12.7. The van der Waals surface area contributed by atoms with E-state index < -0.39 is 7.12 Å². The van der Waals surface area contributed by atoms with Gasteiger partial charge in [0.05, 0.1) is 6.61 Å². The molecule has 0 unspecified atom stereocenters. The van der Waals surface area contributed by atoms with Gasteiger partial charge < -0.3 is 14.8 Å². The van der Waals surface area contributed by atoms with Gasteiger partial charge in [0.25, 0.3) is 0 Å². The van der Waals surface area contributed by atoms with Crippen molar-refractivity contribution in [3.8, 4) is 0 Å². The minimum Gasteiger partial charge on any atom is -0.466 e. The van der Waals surface area contributed by atoms with Crippen LogP contribution in [0.15, 0.2) is 24.3 Å². The van der Waals surface area contributed by atoms with Crippen molar-refractivity contribution in [2.24, 2.45) is 0 Å². The van der Waals surface area contributed by atoms with Gasteiger partial charge in [-0.1, -0.05) is 24.3 Å². The molecule has 1 rings (SSSR count). The third-order valence-electron chi connectivity index (χ3n) is 2.17. The second kappa shape index (κ2) is 6.30. The minimum absolute atomic E-state index is 0.238. The molecular formula is C11H15BO4. The summed E-state index contributed by atoms with van der Waals surface area (Å²) in [5.74, 6) is -0.238. The number of ether oxygens (including phenoxy) is 1. The minimum atomic E-state index is -1.47. The summed E-state index contributed by atoms with van der Waals surface area (Å²) in [4.78, 5) is 11.1. The van der Waals surface area contributed by atoms with Crippen molar-refractivity contribution in [2.75, 3.05) is 6.61 Å². The SMILES string of the molecule is CCOC(=O)CCc1cccc(B(O)O)c1. The second-order valence-electron chi connectivity index (χ2n) is 3.42. The predicted molar refractivity (Wildman–Crippen MR) is 61.2 cm³/mol. The normalized spacial score (nSPS) is 9.94. The Bertz CT molecular complexity index is 352. The molecule has 0 aliphatic heterocycles. The first-order valence-electron chi connectivity index (χ1n) is 5.24. The van der Waals surface area contributed by atoms with Crippen LogP contribution in [0.4, 0.5) is 0 Å². The molecule has 5 heteroatoms. The maximum Gasteiger partial charge on any atom is 0.488 e. The van der Waals surface area contributed by atoms with Crippen molar-refractivity contribution in [1.29, 1.82) is 0 Å². The number of rotatable bonds is 5. The fourth-order valence-electron chi connectivity index (χ4n) is 1.39. The molecule has 0 heterocycles. The first-order valence-corrected chi connectivity index (χ1v) is 5.24. The van der Waals surface area contributed by atoms with Crippen LogP contribution < -0.4 is 5.46 Å². The van der Waals surface area contributed by atoms with E-state index in [2.05, 4.69) is 0 Å². The summed E-state index contributed by atoms with van der Waals surface area (Å²) in [6, 6.07) is 6.86. The molecule has 0 spiro atoms. The highest BCUT2D eigenvalue weighted by Gasteiger charge is 2.11. The second-order valence-corrected chi connectivity index (χ2v) is 3.42. The van der Waals surface area contributed by atoms with Crippen LogP contribution in [0, 0.1) is 0 Å². The summed E-state index contributed by atoms with van der Waals surface area (Å²) in [5, 5.41) is 17.9. The van der Waals surface area contributed by atoms with E-state index in [9.17, 15) is 4.79 Å². The van der Waals surface area contributed by atoms with Crippen LogP contribution in [-0.2, 0) is 16.0 Å². The molecule has 0 saturated carbocycles. The lowest BCUT2D eigenvalue weighted by Crippen LogP contribution is -2.29. The summed E-state index contributed by atoms with van der Waals surface area (Å²) >= 11 is 0. The number of hydrogen-bond donors (Lipinski definition) is 2. The number of benzene rings is 1. The van der Waals surface area contributed by atoms with E-state index in [-0.39, 0.29) is 5.97 Å². The van der Waals surface area contributed by atoms with Gasteiger partial charge in [0.2, 0.25) is 0 Å². The maximum atomic E-state index is 11.1. The van der Waals surface area contributed by atoms with E-state index in [1.807, 2.05) is 6.07 Å². The van der Waals surface area contributed by atoms with Crippen molar-refractivity contribution < 1.29 is 19.6 Å². The standard InChI is InChI=1S/C11H15BO4/c1-2-16-11(13)7-6-9-4-3-5-10(8-9)12(14)15/h3-5,8,14-15H,2,6-7H2,1H3. The number of aryl methyl sites for hydroxylation is 1. The molecule has 0 fully saturated rings. The zero-order valence-electron chi connectivity index (χ0n) is 9.22. The van der Waals surface area contributed by atoms with E-state index in [1.165, 1.54) is 0 Å². The lowest BCUT2D eigenvalue weighted by atomic mass is 9.79. The zero-order chi connectivity index (χ0) is 12.0. The molecule has 1 aromatic carbocycles. The fraction of sp³-hybridized carbons (Fsp3) is 0.364. The Morgan fingerprint density at radius 1 is 1.44 bits per heavy atom. The Morgan fingerprint density at radius 2 is 2.19 bits per heavy atom. The van der Waals surface area contributed by atoms with E-state index in [1.54, 1.807) is 25.1 Å². The van der Waals surface area contributed by atoms with E-state index >= 15 is 0 Å². The largest absolute Gasteiger partial charge is 0.488 e. The molecule has 0 aliphatic rings. The quantitative estimate of drug-likeness (QED) is 0.537. The van der Waals surface area contributed by atoms with Crippen LogP contribution in [0.1, 0.15) is 18.9 Å². The van der Waals surface area contributed by atoms with Crippen LogP contribution >= 0.6 is 0 Å². The van der Waals surface area contributed by atoms with Gasteiger partial charge in [-0.25, -0.2) is 0 Å². The third kappa shape index (κ3) is 4.04. The highest BCUT2D eigenvalue weighted by atomic mass is 16.5. The molecule has 0 amide bonds. The lowest BCUT2D eigenvalue weighted by molar-refractivity contribution is -0.143. The summed E-state index contributed by atoms with van der Waals surface area (Å²) < 4.78 is 4.80. The summed E-state index contributed by atoms with van der Waals surface area (Å²) in [6.07, 6.45) is 0.845. The molecule has 2 N–H and O–H groups in total. The Hall–Kier alpha value is -1.33. The topological polar surface area (TPSA) is 66.8 Å². The number of carbonyl (C=O) groups is 1. The van der Waals surface area contributed by atoms with Crippen molar-refractivity contribution >= 4 is 18.6 Å². The maximum absolute atomic E-state index is 11.1. The van der Waals surface area contributed by atoms with Crippen molar-refractivity contribution in [1.82, 2.24) is 0 Å². The monoisotopic (exact) mass is 222 g/mol. The predicted octanol–water partition coefficient (Wildman–Crippen LogP) is -0.138. The molecule has 0 aromatic heterocycles. The average Bonchev–Trinajstić information content (AvgIpc) is 2.27. The number of carbonyl (C=O) groups excluding carboxylic acids is 1. The van der Waals surface area contributed by atoms with Gasteiger partial charge >= 0.3 is 13.1 Å². The van der Waals surface area contributed by atoms with Gasteiger partial charge in [-0.15, -0.1) is 0 Å². The van der Waals surface area contributed by atoms with Crippen LogP contribution in [0.3, 0.4) is 0 Å². The van der Waals surface area contributed by atoms with Crippen molar-refractivity contribution in [3.05, 3.63) is 29.8 Å². The number of hydrogen-bond acceptors (Lipinski definition) is 4. The molecule has 0 bridgehead atoms. The van der Waals surface area contributed by atoms with Gasteiger partial charge in [0, 0.05) is 6.42 Å². The zero-order valence-corrected chi connectivity index (χ0v) is 9.22. The molecule has 86 valence electrons. The number of esters is 1. The van der Waals surface area contributed by atoms with Gasteiger partial charge in [-0.3, -0.25) is 4.79 Å². The van der Waals surface area contributed by atoms with E-state index in [0.29, 0.717) is 24.9 Å². The fourth-order valence-corrected chi connectivity index (χ4v) is 1.39. The molecule has 0 atom stereocenters. The van der Waals surface area contributed by atoms with Gasteiger partial charge in [0.15, 0.2) is 0 Å². The smallest absolute Gasteiger partial charge is 0.466 e. The average molecular weight is 222 g/mol. The summed E-state index contributed by atoms with van der Waals surface area (Å²) in [5.41, 5.74) is 1.32. The van der Waals surface area contributed by atoms with Crippen LogP contribution in [0.25, 0.3) is 0 Å². The van der Waals surface area contributed by atoms with Gasteiger partial charge in [0.1, 0.15) is 0 Å². The summed E-state index contributed by atoms with van der Waals surface area (Å²) in [7, 11) is -1.47. The third-order valence-corrected chi connectivity index (χ3v) is 2.17.